The minimum atomic E-state index is -5.13. The maximum absolute atomic E-state index is 12.6. The Morgan fingerprint density at radius 2 is 1.94 bits per heavy atom. The molecule has 0 unspecified atom stereocenters. The summed E-state index contributed by atoms with van der Waals surface area (Å²) in [7, 11) is 1.12. The molecule has 0 atom stereocenters. The molecule has 9 heteroatoms. The number of halogens is 5. The van der Waals surface area contributed by atoms with Crippen LogP contribution in [0.2, 0.25) is 0 Å². The molecule has 2 N–H and O–H groups in total. The molecule has 4 nitrogen and oxygen atoms in total. The van der Waals surface area contributed by atoms with Gasteiger partial charge in [0.1, 0.15) is 5.56 Å². The summed E-state index contributed by atoms with van der Waals surface area (Å²) in [5, 5.41) is 0. The number of ether oxygens (including phenoxy) is 2. The fourth-order valence-corrected chi connectivity index (χ4v) is 1.07. The molecule has 0 bridgehead atoms. The Kier molecular flexibility index (Phi) is 3.59. The van der Waals surface area contributed by atoms with E-state index in [1.54, 1.807) is 0 Å². The predicted molar refractivity (Wildman–Crippen MR) is 46.8 cm³/mol. The van der Waals surface area contributed by atoms with Gasteiger partial charge in [0.05, 0.1) is 19.0 Å². The Morgan fingerprint density at radius 3 is 2.35 bits per heavy atom. The van der Waals surface area contributed by atoms with Gasteiger partial charge in [-0.15, -0.1) is 13.2 Å². The van der Waals surface area contributed by atoms with Crippen molar-refractivity contribution in [3.63, 3.8) is 0 Å². The van der Waals surface area contributed by atoms with E-state index >= 15 is 0 Å². The fourth-order valence-electron chi connectivity index (χ4n) is 1.07. The second-order valence-corrected chi connectivity index (χ2v) is 2.81. The summed E-state index contributed by atoms with van der Waals surface area (Å²) in [6.07, 6.45) is -7.63. The Morgan fingerprint density at radius 1 is 1.35 bits per heavy atom. The van der Waals surface area contributed by atoms with Crippen LogP contribution in [0.4, 0.5) is 27.6 Å². The van der Waals surface area contributed by atoms with E-state index in [2.05, 4.69) is 14.5 Å². The van der Waals surface area contributed by atoms with Crippen molar-refractivity contribution < 1.29 is 31.4 Å². The number of methoxy groups -OCH3 is 1. The third-order valence-corrected chi connectivity index (χ3v) is 1.74. The van der Waals surface area contributed by atoms with Gasteiger partial charge >= 0.3 is 6.36 Å². The highest BCUT2D eigenvalue weighted by molar-refractivity contribution is 5.61. The Hall–Kier alpha value is -1.80. The first-order valence-electron chi connectivity index (χ1n) is 4.12. The maximum atomic E-state index is 12.6. The predicted octanol–water partition coefficient (Wildman–Crippen LogP) is 2.51. The summed E-state index contributed by atoms with van der Waals surface area (Å²) in [5.41, 5.74) is 3.43. The molecule has 0 saturated carbocycles. The molecular weight excluding hydrogens is 251 g/mol. The van der Waals surface area contributed by atoms with Gasteiger partial charge < -0.3 is 15.2 Å². The number of nitrogens with zero attached hydrogens (tertiary/aromatic N) is 1. The van der Waals surface area contributed by atoms with E-state index < -0.39 is 29.9 Å². The smallest absolute Gasteiger partial charge is 0.493 e. The van der Waals surface area contributed by atoms with E-state index in [1.807, 2.05) is 0 Å². The van der Waals surface area contributed by atoms with Crippen LogP contribution in [0.25, 0.3) is 0 Å². The number of nitrogens with two attached hydrogens (primary N) is 1. The molecule has 0 radical (unpaired) electrons. The van der Waals surface area contributed by atoms with Gasteiger partial charge in [0, 0.05) is 0 Å². The van der Waals surface area contributed by atoms with E-state index in [0.717, 1.165) is 13.3 Å². The zero-order valence-corrected chi connectivity index (χ0v) is 8.39. The van der Waals surface area contributed by atoms with Crippen molar-refractivity contribution in [3.05, 3.63) is 11.8 Å². The van der Waals surface area contributed by atoms with Crippen molar-refractivity contribution in [1.82, 2.24) is 4.98 Å². The standard InChI is InChI=1S/C8H7F5N2O2/c1-16-3-2-15-7(17-8(11,12)13)4(5(3)14)6(9)10/h2,6H,1H3,(H2,14,15). The largest absolute Gasteiger partial charge is 0.574 e. The molecule has 17 heavy (non-hydrogen) atoms. The van der Waals surface area contributed by atoms with Crippen LogP contribution in [0.3, 0.4) is 0 Å². The monoisotopic (exact) mass is 258 g/mol. The normalized spacial score (nSPS) is 11.7. The van der Waals surface area contributed by atoms with Gasteiger partial charge in [-0.05, 0) is 0 Å². The molecule has 1 heterocycles. The third kappa shape index (κ3) is 3.08. The molecule has 0 saturated heterocycles. The SMILES string of the molecule is COc1cnc(OC(F)(F)F)c(C(F)F)c1N. The summed E-state index contributed by atoms with van der Waals surface area (Å²) >= 11 is 0. The van der Waals surface area contributed by atoms with Crippen molar-refractivity contribution in [1.29, 1.82) is 0 Å². The lowest BCUT2D eigenvalue weighted by Crippen LogP contribution is -2.19. The van der Waals surface area contributed by atoms with Crippen LogP contribution in [-0.4, -0.2) is 18.5 Å². The molecule has 0 aliphatic carbocycles. The fraction of sp³-hybridized carbons (Fsp3) is 0.375. The van der Waals surface area contributed by atoms with Gasteiger partial charge in [-0.25, -0.2) is 13.8 Å². The van der Waals surface area contributed by atoms with Crippen LogP contribution in [0, 0.1) is 0 Å². The highest BCUT2D eigenvalue weighted by Crippen LogP contribution is 2.39. The number of hydrogen-bond acceptors (Lipinski definition) is 4. The van der Waals surface area contributed by atoms with Gasteiger partial charge in [-0.1, -0.05) is 0 Å². The number of anilines is 1. The Labute approximate surface area is 92.1 Å². The number of nitrogen functional groups attached to an aromatic ring is 1. The topological polar surface area (TPSA) is 57.4 Å². The van der Waals surface area contributed by atoms with Gasteiger partial charge in [-0.3, -0.25) is 0 Å². The summed E-state index contributed by atoms with van der Waals surface area (Å²) in [4.78, 5) is 3.09. The van der Waals surface area contributed by atoms with Crippen molar-refractivity contribution >= 4 is 5.69 Å². The van der Waals surface area contributed by atoms with E-state index in [-0.39, 0.29) is 5.75 Å². The van der Waals surface area contributed by atoms with Gasteiger partial charge in [0.15, 0.2) is 5.75 Å². The zero-order chi connectivity index (χ0) is 13.2. The molecule has 1 aromatic heterocycles. The molecule has 0 fully saturated rings. The first-order chi connectivity index (χ1) is 7.76. The molecule has 0 aliphatic heterocycles. The molecule has 0 spiro atoms. The summed E-state index contributed by atoms with van der Waals surface area (Å²) in [6, 6.07) is 0. The summed E-state index contributed by atoms with van der Waals surface area (Å²) < 4.78 is 68.8. The summed E-state index contributed by atoms with van der Waals surface area (Å²) in [6.45, 7) is 0. The number of hydrogen-bond donors (Lipinski definition) is 1. The van der Waals surface area contributed by atoms with Crippen LogP contribution in [0.5, 0.6) is 11.6 Å². The van der Waals surface area contributed by atoms with Gasteiger partial charge in [-0.2, -0.15) is 0 Å². The number of aromatic nitrogens is 1. The molecule has 1 rings (SSSR count). The molecule has 0 aliphatic rings. The third-order valence-electron chi connectivity index (χ3n) is 1.74. The Bertz CT molecular complexity index is 408. The quantitative estimate of drug-likeness (QED) is 0.846. The lowest BCUT2D eigenvalue weighted by atomic mass is 10.2. The Balaban J connectivity index is 3.27. The number of rotatable bonds is 3. The average Bonchev–Trinajstić information content (AvgIpc) is 2.14. The average molecular weight is 258 g/mol. The second-order valence-electron chi connectivity index (χ2n) is 2.81. The van der Waals surface area contributed by atoms with E-state index in [0.29, 0.717) is 0 Å². The highest BCUT2D eigenvalue weighted by atomic mass is 19.4. The second kappa shape index (κ2) is 4.60. The molecule has 0 amide bonds. The van der Waals surface area contributed by atoms with Gasteiger partial charge in [0.25, 0.3) is 6.43 Å². The minimum absolute atomic E-state index is 0.255. The van der Waals surface area contributed by atoms with Crippen molar-refractivity contribution in [2.24, 2.45) is 0 Å². The van der Waals surface area contributed by atoms with Crippen LogP contribution >= 0.6 is 0 Å². The molecule has 0 aromatic carbocycles. The van der Waals surface area contributed by atoms with Crippen molar-refractivity contribution in [2.75, 3.05) is 12.8 Å². The van der Waals surface area contributed by atoms with Gasteiger partial charge in [0.2, 0.25) is 5.88 Å². The minimum Gasteiger partial charge on any atom is -0.493 e. The van der Waals surface area contributed by atoms with Crippen LogP contribution in [0.15, 0.2) is 6.20 Å². The zero-order valence-electron chi connectivity index (χ0n) is 8.39. The van der Waals surface area contributed by atoms with Crippen molar-refractivity contribution in [2.45, 2.75) is 12.8 Å². The maximum Gasteiger partial charge on any atom is 0.574 e. The van der Waals surface area contributed by atoms with Crippen LogP contribution in [-0.2, 0) is 0 Å². The van der Waals surface area contributed by atoms with Crippen molar-refractivity contribution in [3.8, 4) is 11.6 Å². The van der Waals surface area contributed by atoms with Crippen LogP contribution < -0.4 is 15.2 Å². The lowest BCUT2D eigenvalue weighted by Gasteiger charge is -2.15. The van der Waals surface area contributed by atoms with Crippen LogP contribution in [0.1, 0.15) is 12.0 Å². The van der Waals surface area contributed by atoms with E-state index in [4.69, 9.17) is 5.73 Å². The molecule has 96 valence electrons. The first kappa shape index (κ1) is 13.3. The summed E-state index contributed by atoms with van der Waals surface area (Å²) in [5.74, 6) is -1.54. The number of pyridine rings is 1. The van der Waals surface area contributed by atoms with E-state index in [1.165, 1.54) is 0 Å². The first-order valence-corrected chi connectivity index (χ1v) is 4.12. The molecular formula is C8H7F5N2O2. The molecule has 1 aromatic rings. The van der Waals surface area contributed by atoms with E-state index in [9.17, 15) is 22.0 Å². The lowest BCUT2D eigenvalue weighted by molar-refractivity contribution is -0.276. The highest BCUT2D eigenvalue weighted by Gasteiger charge is 2.35. The number of alkyl halides is 5.